The molecule has 5 N–H and O–H groups in total. The largest absolute Gasteiger partial charge is 0.478 e. The fourth-order valence-corrected chi connectivity index (χ4v) is 6.19. The molecule has 9 nitrogen and oxygen atoms in total. The summed E-state index contributed by atoms with van der Waals surface area (Å²) in [4.78, 5) is 15.7. The van der Waals surface area contributed by atoms with Gasteiger partial charge in [-0.15, -0.1) is 0 Å². The van der Waals surface area contributed by atoms with Gasteiger partial charge in [0, 0.05) is 34.6 Å². The van der Waals surface area contributed by atoms with E-state index in [1.807, 2.05) is 54.6 Å². The number of aromatic nitrogens is 3. The Morgan fingerprint density at radius 3 is 2.39 bits per heavy atom. The summed E-state index contributed by atoms with van der Waals surface area (Å²) >= 11 is 0. The molecule has 0 spiro atoms. The number of carbonyl (C=O) groups is 1. The predicted octanol–water partition coefficient (Wildman–Crippen LogP) is 5.50. The average Bonchev–Trinajstić information content (AvgIpc) is 3.19. The van der Waals surface area contributed by atoms with E-state index in [2.05, 4.69) is 10.1 Å². The molecule has 0 aliphatic carbocycles. The summed E-state index contributed by atoms with van der Waals surface area (Å²) in [6.45, 7) is 0. The third-order valence-electron chi connectivity index (χ3n) is 6.32. The normalized spacial score (nSPS) is 16.8. The molecule has 1 aliphatic rings. The van der Waals surface area contributed by atoms with E-state index in [9.17, 15) is 19.0 Å². The second kappa shape index (κ2) is 9.65. The van der Waals surface area contributed by atoms with Gasteiger partial charge in [-0.25, -0.2) is 14.3 Å². The third-order valence-corrected chi connectivity index (χ3v) is 8.10. The minimum Gasteiger partial charge on any atom is -0.478 e. The summed E-state index contributed by atoms with van der Waals surface area (Å²) in [6.07, 6.45) is 5.09. The van der Waals surface area contributed by atoms with Crippen molar-refractivity contribution in [3.63, 3.8) is 0 Å². The van der Waals surface area contributed by atoms with Crippen LogP contribution in [-0.4, -0.2) is 46.3 Å². The maximum Gasteiger partial charge on any atom is 0.328 e. The highest BCUT2D eigenvalue weighted by Crippen LogP contribution is 2.50. The van der Waals surface area contributed by atoms with Crippen LogP contribution in [0, 0.1) is 0 Å². The number of aliphatic carboxylic acids is 1. The summed E-state index contributed by atoms with van der Waals surface area (Å²) in [7, 11) is -2.59. The van der Waals surface area contributed by atoms with Crippen molar-refractivity contribution in [2.45, 2.75) is 18.8 Å². The van der Waals surface area contributed by atoms with Crippen molar-refractivity contribution in [1.82, 2.24) is 14.6 Å². The summed E-state index contributed by atoms with van der Waals surface area (Å²) in [5.41, 5.74) is 9.86. The molecule has 186 valence electrons. The Morgan fingerprint density at radius 1 is 1.06 bits per heavy atom. The van der Waals surface area contributed by atoms with E-state index in [-0.39, 0.29) is 23.2 Å². The molecule has 36 heavy (non-hydrogen) atoms. The Bertz CT molecular complexity index is 1420. The molecule has 0 bridgehead atoms. The number of fused-ring (bicyclic) bond motifs is 1. The van der Waals surface area contributed by atoms with Crippen LogP contribution >= 0.6 is 10.6 Å². The van der Waals surface area contributed by atoms with Gasteiger partial charge in [0.1, 0.15) is 23.3 Å². The number of rotatable bonds is 6. The lowest BCUT2D eigenvalue weighted by molar-refractivity contribution is -0.131. The maximum absolute atomic E-state index is 11.5. The molecule has 1 aliphatic heterocycles. The fourth-order valence-electron chi connectivity index (χ4n) is 4.66. The highest BCUT2D eigenvalue weighted by molar-refractivity contribution is 8.24. The van der Waals surface area contributed by atoms with Gasteiger partial charge < -0.3 is 15.6 Å². The van der Waals surface area contributed by atoms with Crippen molar-refractivity contribution in [1.29, 1.82) is 0 Å². The summed E-state index contributed by atoms with van der Waals surface area (Å²) in [5, 5.41) is 13.8. The first-order valence-corrected chi connectivity index (χ1v) is 13.3. The highest BCUT2D eigenvalue weighted by Gasteiger charge is 2.31. The Hall–Kier alpha value is -3.86. The van der Waals surface area contributed by atoms with Crippen LogP contribution in [0.1, 0.15) is 30.0 Å². The molecule has 2 aromatic heterocycles. The van der Waals surface area contributed by atoms with E-state index in [4.69, 9.17) is 10.5 Å². The number of carboxylic acid groups (broad SMARTS) is 1. The zero-order valence-corrected chi connectivity index (χ0v) is 20.1. The number of hydrogen-bond donors (Lipinski definition) is 4. The second-order valence-corrected chi connectivity index (χ2v) is 11.1. The highest BCUT2D eigenvalue weighted by atomic mass is 32.3. The average molecular weight is 507 g/mol. The Balaban J connectivity index is 1.64. The quantitative estimate of drug-likeness (QED) is 0.251. The lowest BCUT2D eigenvalue weighted by Gasteiger charge is -2.39. The van der Waals surface area contributed by atoms with Crippen LogP contribution in [0.5, 0.6) is 11.5 Å². The minimum absolute atomic E-state index is 0.0605. The lowest BCUT2D eigenvalue weighted by atomic mass is 9.92. The first kappa shape index (κ1) is 23.9. The number of ether oxygens (including phenoxy) is 1. The van der Waals surface area contributed by atoms with Crippen LogP contribution in [0.2, 0.25) is 0 Å². The van der Waals surface area contributed by atoms with E-state index >= 15 is 0 Å². The van der Waals surface area contributed by atoms with Crippen LogP contribution in [0.15, 0.2) is 67.0 Å². The summed E-state index contributed by atoms with van der Waals surface area (Å²) < 4.78 is 27.9. The van der Waals surface area contributed by atoms with Crippen LogP contribution in [0.3, 0.4) is 0 Å². The van der Waals surface area contributed by atoms with Gasteiger partial charge in [-0.2, -0.15) is 15.7 Å². The van der Waals surface area contributed by atoms with Gasteiger partial charge in [0.2, 0.25) is 0 Å². The number of hydrogen-bond acceptors (Lipinski definition) is 7. The topological polar surface area (TPSA) is 143 Å². The molecule has 4 aromatic rings. The number of nitrogens with two attached hydrogens (primary N) is 1. The second-order valence-electron chi connectivity index (χ2n) is 8.68. The zero-order chi connectivity index (χ0) is 25.3. The molecule has 3 heterocycles. The van der Waals surface area contributed by atoms with Gasteiger partial charge >= 0.3 is 5.97 Å². The fraction of sp³-hybridized carbons (Fsp3) is 0.192. The van der Waals surface area contributed by atoms with Crippen LogP contribution in [0.4, 0.5) is 5.82 Å². The number of anilines is 1. The standard InChI is InChI=1S/C26H26N4O5S/c27-26-25-23(17-6-8-20(9-7-17)35-19-4-2-1-3-5-19)21(10-11-22(31)32)24(30(25)29-16-28-26)18-12-14-36(33,34)15-13-18/h1-11,16,18,33-34H,12-15H2,(H,31,32)(H2,27,28,29). The Morgan fingerprint density at radius 2 is 1.72 bits per heavy atom. The third kappa shape index (κ3) is 4.78. The number of benzene rings is 2. The Labute approximate surface area is 209 Å². The van der Waals surface area contributed by atoms with Gasteiger partial charge in [0.25, 0.3) is 0 Å². The van der Waals surface area contributed by atoms with Gasteiger partial charge in [-0.05, 0) is 48.7 Å². The number of para-hydroxylation sites is 1. The monoisotopic (exact) mass is 506 g/mol. The van der Waals surface area contributed by atoms with Crippen molar-refractivity contribution >= 4 is 34.0 Å². The first-order chi connectivity index (χ1) is 17.3. The molecule has 0 amide bonds. The smallest absolute Gasteiger partial charge is 0.328 e. The van der Waals surface area contributed by atoms with Crippen molar-refractivity contribution in [3.8, 4) is 22.6 Å². The van der Waals surface area contributed by atoms with E-state index < -0.39 is 16.6 Å². The van der Waals surface area contributed by atoms with Gasteiger partial charge in [-0.3, -0.25) is 9.11 Å². The SMILES string of the molecule is Nc1ncnn2c(C3CCS(O)(O)CC3)c(C=CC(=O)O)c(-c3ccc(Oc4ccccc4)cc3)c12. The van der Waals surface area contributed by atoms with Crippen molar-refractivity contribution in [3.05, 3.63) is 78.3 Å². The van der Waals surface area contributed by atoms with E-state index in [0.717, 1.165) is 17.3 Å². The molecule has 5 rings (SSSR count). The molecule has 0 saturated carbocycles. The zero-order valence-electron chi connectivity index (χ0n) is 19.3. The van der Waals surface area contributed by atoms with Crippen molar-refractivity contribution in [2.24, 2.45) is 0 Å². The molecule has 10 heteroatoms. The van der Waals surface area contributed by atoms with Crippen LogP contribution < -0.4 is 10.5 Å². The summed E-state index contributed by atoms with van der Waals surface area (Å²) in [6, 6.07) is 16.9. The molecule has 2 aromatic carbocycles. The molecule has 1 fully saturated rings. The molecule has 0 unspecified atom stereocenters. The molecule has 0 radical (unpaired) electrons. The lowest BCUT2D eigenvalue weighted by Crippen LogP contribution is -2.21. The maximum atomic E-state index is 11.5. The molecule has 1 saturated heterocycles. The first-order valence-electron chi connectivity index (χ1n) is 11.5. The number of nitrogen functional groups attached to an aromatic ring is 1. The summed E-state index contributed by atoms with van der Waals surface area (Å²) in [5.74, 6) is 1.06. The van der Waals surface area contributed by atoms with Gasteiger partial charge in [0.15, 0.2) is 5.82 Å². The van der Waals surface area contributed by atoms with Crippen molar-refractivity contribution < 1.29 is 23.7 Å². The molecular weight excluding hydrogens is 480 g/mol. The van der Waals surface area contributed by atoms with Gasteiger partial charge in [-0.1, -0.05) is 30.3 Å². The van der Waals surface area contributed by atoms with Crippen LogP contribution in [0.25, 0.3) is 22.7 Å². The molecule has 0 atom stereocenters. The van der Waals surface area contributed by atoms with E-state index in [0.29, 0.717) is 41.0 Å². The van der Waals surface area contributed by atoms with Crippen LogP contribution in [-0.2, 0) is 4.79 Å². The van der Waals surface area contributed by atoms with E-state index in [1.54, 1.807) is 10.6 Å². The van der Waals surface area contributed by atoms with Crippen molar-refractivity contribution in [2.75, 3.05) is 17.2 Å². The van der Waals surface area contributed by atoms with E-state index in [1.165, 1.54) is 6.33 Å². The molecular formula is C26H26N4O5S. The van der Waals surface area contributed by atoms with Gasteiger partial charge in [0.05, 0.1) is 5.69 Å². The number of carboxylic acids is 1. The Kier molecular flexibility index (Phi) is 6.40. The predicted molar refractivity (Wildman–Crippen MR) is 141 cm³/mol. The number of nitrogens with zero attached hydrogens (tertiary/aromatic N) is 3. The minimum atomic E-state index is -2.59.